The summed E-state index contributed by atoms with van der Waals surface area (Å²) >= 11 is 7.16. The van der Waals surface area contributed by atoms with E-state index in [4.69, 9.17) is 0 Å². The van der Waals surface area contributed by atoms with Crippen LogP contribution >= 0.6 is 31.9 Å². The van der Waals surface area contributed by atoms with E-state index in [9.17, 15) is 9.59 Å². The van der Waals surface area contributed by atoms with Crippen LogP contribution in [-0.4, -0.2) is 9.36 Å². The lowest BCUT2D eigenvalue weighted by Crippen LogP contribution is -2.35. The Kier molecular flexibility index (Phi) is 4.68. The Morgan fingerprint density at radius 3 is 1.23 bits per heavy atom. The lowest BCUT2D eigenvalue weighted by molar-refractivity contribution is 0.672. The van der Waals surface area contributed by atoms with Crippen molar-refractivity contribution in [2.75, 3.05) is 0 Å². The predicted molar refractivity (Wildman–Crippen MR) is 128 cm³/mol. The summed E-state index contributed by atoms with van der Waals surface area (Å²) in [6.07, 6.45) is 0. The van der Waals surface area contributed by atoms with Crippen LogP contribution in [0.2, 0.25) is 0 Å². The lowest BCUT2D eigenvalue weighted by Gasteiger charge is -2.19. The topological polar surface area (TPSA) is 44.0 Å². The number of nitrogens with zero attached hydrogens (tertiary/aromatic N) is 2. The fraction of sp³-hybridized carbons (Fsp3) is 0. The van der Waals surface area contributed by atoms with E-state index in [1.165, 1.54) is 21.5 Å². The SMILES string of the molecule is O=c1ccc(=O)n(-c2ccc(Br)c3ccccc23)n1-c1ccc(Br)c2ccccc12. The van der Waals surface area contributed by atoms with Gasteiger partial charge in [0.15, 0.2) is 0 Å². The van der Waals surface area contributed by atoms with Crippen molar-refractivity contribution in [3.8, 4) is 11.4 Å². The molecule has 0 aliphatic rings. The zero-order chi connectivity index (χ0) is 20.8. The number of benzene rings is 4. The highest BCUT2D eigenvalue weighted by Gasteiger charge is 2.16. The number of rotatable bonds is 2. The van der Waals surface area contributed by atoms with Crippen molar-refractivity contribution in [2.24, 2.45) is 0 Å². The third-order valence-electron chi connectivity index (χ3n) is 5.14. The molecule has 1 aromatic heterocycles. The number of fused-ring (bicyclic) bond motifs is 2. The van der Waals surface area contributed by atoms with E-state index in [-0.39, 0.29) is 11.1 Å². The highest BCUT2D eigenvalue weighted by atomic mass is 79.9. The standard InChI is InChI=1S/C24H14Br2N2O2/c25-19-9-11-21(17-7-3-1-5-15(17)19)27-23(29)13-14-24(30)28(27)22-12-10-20(26)16-6-2-4-8-18(16)22/h1-14H. The Morgan fingerprint density at radius 1 is 0.467 bits per heavy atom. The van der Waals surface area contributed by atoms with Crippen LogP contribution in [0.4, 0.5) is 0 Å². The Morgan fingerprint density at radius 2 is 0.833 bits per heavy atom. The molecule has 0 saturated heterocycles. The summed E-state index contributed by atoms with van der Waals surface area (Å²) in [5.74, 6) is 0. The van der Waals surface area contributed by atoms with Gasteiger partial charge in [-0.2, -0.15) is 0 Å². The molecular formula is C24H14Br2N2O2. The van der Waals surface area contributed by atoms with Gasteiger partial charge in [-0.05, 0) is 35.0 Å². The minimum absolute atomic E-state index is 0.283. The molecule has 0 aliphatic heterocycles. The molecule has 0 fully saturated rings. The van der Waals surface area contributed by atoms with E-state index >= 15 is 0 Å². The largest absolute Gasteiger partial charge is 0.270 e. The van der Waals surface area contributed by atoms with Gasteiger partial charge in [0, 0.05) is 31.9 Å². The van der Waals surface area contributed by atoms with E-state index in [1.807, 2.05) is 72.8 Å². The molecule has 0 atom stereocenters. The van der Waals surface area contributed by atoms with Crippen molar-refractivity contribution in [3.05, 3.63) is 115 Å². The maximum atomic E-state index is 13.1. The molecule has 0 aliphatic carbocycles. The predicted octanol–water partition coefficient (Wildman–Crippen LogP) is 5.82. The normalized spacial score (nSPS) is 11.3. The van der Waals surface area contributed by atoms with Gasteiger partial charge in [-0.1, -0.05) is 80.4 Å². The van der Waals surface area contributed by atoms with Gasteiger partial charge in [-0.25, -0.2) is 9.36 Å². The van der Waals surface area contributed by atoms with Crippen LogP contribution in [0.25, 0.3) is 32.9 Å². The monoisotopic (exact) mass is 520 g/mol. The summed E-state index contributed by atoms with van der Waals surface area (Å²) in [5, 5.41) is 3.67. The summed E-state index contributed by atoms with van der Waals surface area (Å²) in [7, 11) is 0. The van der Waals surface area contributed by atoms with Crippen LogP contribution in [0.1, 0.15) is 0 Å². The Hall–Kier alpha value is -2.96. The van der Waals surface area contributed by atoms with Gasteiger partial charge in [0.2, 0.25) is 0 Å². The summed E-state index contributed by atoms with van der Waals surface area (Å²) in [4.78, 5) is 26.2. The molecule has 0 N–H and O–H groups in total. The molecule has 0 unspecified atom stereocenters. The molecular weight excluding hydrogens is 508 g/mol. The number of hydrogen-bond donors (Lipinski definition) is 0. The number of halogens is 2. The van der Waals surface area contributed by atoms with Gasteiger partial charge in [0.05, 0.1) is 11.4 Å². The van der Waals surface area contributed by atoms with Gasteiger partial charge in [0.25, 0.3) is 11.1 Å². The molecule has 0 spiro atoms. The van der Waals surface area contributed by atoms with Crippen LogP contribution < -0.4 is 11.1 Å². The minimum Gasteiger partial charge on any atom is -0.267 e. The fourth-order valence-corrected chi connectivity index (χ4v) is 4.75. The third-order valence-corrected chi connectivity index (χ3v) is 6.52. The van der Waals surface area contributed by atoms with Gasteiger partial charge in [-0.15, -0.1) is 0 Å². The maximum Gasteiger partial charge on any atom is 0.270 e. The zero-order valence-electron chi connectivity index (χ0n) is 15.5. The van der Waals surface area contributed by atoms with Crippen LogP contribution in [0.3, 0.4) is 0 Å². The number of aromatic nitrogens is 2. The minimum atomic E-state index is -0.283. The molecule has 146 valence electrons. The fourth-order valence-electron chi connectivity index (χ4n) is 3.80. The Labute approximate surface area is 188 Å². The van der Waals surface area contributed by atoms with E-state index in [2.05, 4.69) is 31.9 Å². The molecule has 0 radical (unpaired) electrons. The summed E-state index contributed by atoms with van der Waals surface area (Å²) in [6, 6.07) is 25.7. The molecule has 4 nitrogen and oxygen atoms in total. The number of hydrogen-bond acceptors (Lipinski definition) is 2. The second-order valence-corrected chi connectivity index (χ2v) is 8.57. The van der Waals surface area contributed by atoms with Gasteiger partial charge >= 0.3 is 0 Å². The van der Waals surface area contributed by atoms with E-state index in [1.54, 1.807) is 0 Å². The van der Waals surface area contributed by atoms with E-state index in [0.717, 1.165) is 30.5 Å². The first kappa shape index (κ1) is 19.0. The van der Waals surface area contributed by atoms with Crippen LogP contribution in [-0.2, 0) is 0 Å². The molecule has 30 heavy (non-hydrogen) atoms. The quantitative estimate of drug-likeness (QED) is 0.294. The molecule has 5 aromatic rings. The molecule has 0 amide bonds. The molecule has 5 rings (SSSR count). The summed E-state index contributed by atoms with van der Waals surface area (Å²) in [5.41, 5.74) is 0.718. The first-order valence-corrected chi connectivity index (χ1v) is 10.9. The van der Waals surface area contributed by atoms with Crippen molar-refractivity contribution < 1.29 is 0 Å². The zero-order valence-corrected chi connectivity index (χ0v) is 18.7. The molecule has 6 heteroatoms. The highest BCUT2D eigenvalue weighted by molar-refractivity contribution is 9.11. The molecule has 0 saturated carbocycles. The second kappa shape index (κ2) is 7.38. The summed E-state index contributed by atoms with van der Waals surface area (Å²) in [6.45, 7) is 0. The van der Waals surface area contributed by atoms with Crippen molar-refractivity contribution in [1.82, 2.24) is 9.36 Å². The maximum absolute atomic E-state index is 13.1. The lowest BCUT2D eigenvalue weighted by atomic mass is 10.1. The molecule has 0 bridgehead atoms. The first-order chi connectivity index (χ1) is 14.6. The molecule has 4 aromatic carbocycles. The van der Waals surface area contributed by atoms with Crippen LogP contribution in [0, 0.1) is 0 Å². The average Bonchev–Trinajstić information content (AvgIpc) is 2.77. The van der Waals surface area contributed by atoms with Gasteiger partial charge < -0.3 is 0 Å². The second-order valence-electron chi connectivity index (χ2n) is 6.86. The van der Waals surface area contributed by atoms with Crippen molar-refractivity contribution in [2.45, 2.75) is 0 Å². The van der Waals surface area contributed by atoms with Gasteiger partial charge in [-0.3, -0.25) is 9.59 Å². The van der Waals surface area contributed by atoms with E-state index < -0.39 is 0 Å². The van der Waals surface area contributed by atoms with Crippen molar-refractivity contribution in [1.29, 1.82) is 0 Å². The van der Waals surface area contributed by atoms with Crippen molar-refractivity contribution >= 4 is 53.4 Å². The van der Waals surface area contributed by atoms with Crippen LogP contribution in [0.15, 0.2) is 103 Å². The molecule has 1 heterocycles. The summed E-state index contributed by atoms with van der Waals surface area (Å²) < 4.78 is 4.75. The van der Waals surface area contributed by atoms with Crippen LogP contribution in [0.5, 0.6) is 0 Å². The Balaban J connectivity index is 1.95. The smallest absolute Gasteiger partial charge is 0.267 e. The first-order valence-electron chi connectivity index (χ1n) is 9.27. The van der Waals surface area contributed by atoms with Gasteiger partial charge in [0.1, 0.15) is 0 Å². The Bertz CT molecular complexity index is 1450. The third kappa shape index (κ3) is 2.95. The van der Waals surface area contributed by atoms with E-state index in [0.29, 0.717) is 11.4 Å². The average molecular weight is 522 g/mol. The van der Waals surface area contributed by atoms with Crippen molar-refractivity contribution in [3.63, 3.8) is 0 Å². The highest BCUT2D eigenvalue weighted by Crippen LogP contribution is 2.31.